The normalized spacial score (nSPS) is 9.80. The zero-order chi connectivity index (χ0) is 11.3. The van der Waals surface area contributed by atoms with Crippen molar-refractivity contribution in [1.29, 1.82) is 0 Å². The first-order valence-corrected chi connectivity index (χ1v) is 5.56. The Hall–Kier alpha value is -0.740. The average Bonchev–Trinajstić information content (AvgIpc) is 2.21. The van der Waals surface area contributed by atoms with Gasteiger partial charge in [-0.15, -0.1) is 0 Å². The first-order chi connectivity index (χ1) is 7.13. The average molecular weight is 293 g/mol. The topological polar surface area (TPSA) is 38.3 Å². The van der Waals surface area contributed by atoms with Gasteiger partial charge < -0.3 is 10.1 Å². The number of halogens is 2. The van der Waals surface area contributed by atoms with E-state index in [9.17, 15) is 4.79 Å². The molecular formula is C10H11BrClNO2. The molecule has 1 aromatic rings. The van der Waals surface area contributed by atoms with Gasteiger partial charge in [-0.1, -0.05) is 11.6 Å². The number of nitrogens with one attached hydrogen (secondary N) is 1. The summed E-state index contributed by atoms with van der Waals surface area (Å²) in [6.45, 7) is 0.535. The Kier molecular flexibility index (Phi) is 4.91. The van der Waals surface area contributed by atoms with E-state index < -0.39 is 0 Å². The fraction of sp³-hybridized carbons (Fsp3) is 0.300. The summed E-state index contributed by atoms with van der Waals surface area (Å²) in [7, 11) is 1.38. The minimum Gasteiger partial charge on any atom is -0.469 e. The lowest BCUT2D eigenvalue weighted by atomic mass is 10.3. The highest BCUT2D eigenvalue weighted by Crippen LogP contribution is 2.25. The third-order valence-electron chi connectivity index (χ3n) is 1.80. The summed E-state index contributed by atoms with van der Waals surface area (Å²) >= 11 is 9.16. The Morgan fingerprint density at radius 1 is 1.60 bits per heavy atom. The van der Waals surface area contributed by atoms with Crippen LogP contribution in [0.25, 0.3) is 0 Å². The van der Waals surface area contributed by atoms with Crippen LogP contribution in [-0.2, 0) is 9.53 Å². The minimum absolute atomic E-state index is 0.229. The third-order valence-corrected chi connectivity index (χ3v) is 2.69. The van der Waals surface area contributed by atoms with Gasteiger partial charge >= 0.3 is 5.97 Å². The number of methoxy groups -OCH3 is 1. The molecular weight excluding hydrogens is 281 g/mol. The van der Waals surface area contributed by atoms with Gasteiger partial charge in [0.1, 0.15) is 0 Å². The quantitative estimate of drug-likeness (QED) is 0.867. The molecule has 0 atom stereocenters. The van der Waals surface area contributed by atoms with E-state index >= 15 is 0 Å². The second kappa shape index (κ2) is 5.98. The number of anilines is 1. The van der Waals surface area contributed by atoms with Crippen LogP contribution in [-0.4, -0.2) is 19.6 Å². The second-order valence-electron chi connectivity index (χ2n) is 2.88. The van der Waals surface area contributed by atoms with E-state index in [4.69, 9.17) is 11.6 Å². The zero-order valence-corrected chi connectivity index (χ0v) is 10.6. The Bertz CT molecular complexity index is 357. The van der Waals surface area contributed by atoms with Gasteiger partial charge in [0.15, 0.2) is 0 Å². The summed E-state index contributed by atoms with van der Waals surface area (Å²) in [6.07, 6.45) is 0.339. The van der Waals surface area contributed by atoms with Crippen LogP contribution in [0, 0.1) is 0 Å². The van der Waals surface area contributed by atoms with E-state index in [0.717, 1.165) is 10.2 Å². The number of ether oxygens (including phenoxy) is 1. The fourth-order valence-electron chi connectivity index (χ4n) is 1.03. The van der Waals surface area contributed by atoms with Crippen LogP contribution in [0.3, 0.4) is 0 Å². The second-order valence-corrected chi connectivity index (χ2v) is 4.17. The number of benzene rings is 1. The molecule has 0 heterocycles. The van der Waals surface area contributed by atoms with E-state index in [1.807, 2.05) is 6.07 Å². The Labute approximate surface area is 102 Å². The summed E-state index contributed by atoms with van der Waals surface area (Å²) < 4.78 is 5.40. The lowest BCUT2D eigenvalue weighted by Crippen LogP contribution is -2.09. The van der Waals surface area contributed by atoms with Gasteiger partial charge in [-0.25, -0.2) is 0 Å². The predicted octanol–water partition coefficient (Wildman–Crippen LogP) is 3.08. The molecule has 15 heavy (non-hydrogen) atoms. The van der Waals surface area contributed by atoms with Crippen molar-refractivity contribution >= 4 is 39.2 Å². The predicted molar refractivity (Wildman–Crippen MR) is 64.3 cm³/mol. The first-order valence-electron chi connectivity index (χ1n) is 4.39. The lowest BCUT2D eigenvalue weighted by Gasteiger charge is -2.07. The largest absolute Gasteiger partial charge is 0.469 e. The van der Waals surface area contributed by atoms with Crippen molar-refractivity contribution in [3.8, 4) is 0 Å². The van der Waals surface area contributed by atoms with Gasteiger partial charge in [-0.2, -0.15) is 0 Å². The summed E-state index contributed by atoms with van der Waals surface area (Å²) in [4.78, 5) is 10.8. The van der Waals surface area contributed by atoms with Crippen molar-refractivity contribution in [2.24, 2.45) is 0 Å². The summed E-state index contributed by atoms with van der Waals surface area (Å²) in [6, 6.07) is 5.43. The van der Waals surface area contributed by atoms with Crippen LogP contribution in [0.5, 0.6) is 0 Å². The molecule has 0 amide bonds. The SMILES string of the molecule is COC(=O)CCNc1ccc(Cl)cc1Br. The molecule has 0 fully saturated rings. The van der Waals surface area contributed by atoms with Crippen LogP contribution in [0.4, 0.5) is 5.69 Å². The minimum atomic E-state index is -0.229. The standard InChI is InChI=1S/C10H11BrClNO2/c1-15-10(14)4-5-13-9-3-2-7(12)6-8(9)11/h2-3,6,13H,4-5H2,1H3. The maximum Gasteiger partial charge on any atom is 0.307 e. The molecule has 1 N–H and O–H groups in total. The number of carbonyl (C=O) groups excluding carboxylic acids is 1. The summed E-state index contributed by atoms with van der Waals surface area (Å²) in [5.41, 5.74) is 0.906. The van der Waals surface area contributed by atoms with Crippen molar-refractivity contribution in [2.45, 2.75) is 6.42 Å². The first kappa shape index (κ1) is 12.3. The number of esters is 1. The fourth-order valence-corrected chi connectivity index (χ4v) is 1.86. The van der Waals surface area contributed by atoms with Crippen molar-refractivity contribution < 1.29 is 9.53 Å². The van der Waals surface area contributed by atoms with Crippen LogP contribution < -0.4 is 5.32 Å². The number of carbonyl (C=O) groups is 1. The number of hydrogen-bond acceptors (Lipinski definition) is 3. The highest BCUT2D eigenvalue weighted by Gasteiger charge is 2.02. The molecule has 0 unspecified atom stereocenters. The zero-order valence-electron chi connectivity index (χ0n) is 8.22. The molecule has 3 nitrogen and oxygen atoms in total. The molecule has 0 aliphatic rings. The molecule has 1 rings (SSSR count). The number of rotatable bonds is 4. The van der Waals surface area contributed by atoms with Crippen LogP contribution in [0.1, 0.15) is 6.42 Å². The van der Waals surface area contributed by atoms with Crippen LogP contribution >= 0.6 is 27.5 Å². The van der Waals surface area contributed by atoms with Crippen LogP contribution in [0.2, 0.25) is 5.02 Å². The van der Waals surface area contributed by atoms with E-state index in [1.54, 1.807) is 12.1 Å². The maximum absolute atomic E-state index is 10.8. The highest BCUT2D eigenvalue weighted by atomic mass is 79.9. The van der Waals surface area contributed by atoms with Gasteiger partial charge in [0.05, 0.1) is 13.5 Å². The van der Waals surface area contributed by atoms with Gasteiger partial charge in [0, 0.05) is 21.7 Å². The maximum atomic E-state index is 10.8. The molecule has 0 saturated carbocycles. The summed E-state index contributed by atoms with van der Waals surface area (Å²) in [5.74, 6) is -0.229. The number of hydrogen-bond donors (Lipinski definition) is 1. The van der Waals surface area contributed by atoms with E-state index in [2.05, 4.69) is 26.0 Å². The molecule has 0 aliphatic heterocycles. The molecule has 0 saturated heterocycles. The van der Waals surface area contributed by atoms with Crippen molar-refractivity contribution in [1.82, 2.24) is 0 Å². The third kappa shape index (κ3) is 4.10. The molecule has 0 aromatic heterocycles. The molecule has 82 valence electrons. The lowest BCUT2D eigenvalue weighted by molar-refractivity contribution is -0.140. The van der Waals surface area contributed by atoms with E-state index in [1.165, 1.54) is 7.11 Å². The highest BCUT2D eigenvalue weighted by molar-refractivity contribution is 9.10. The summed E-state index contributed by atoms with van der Waals surface area (Å²) in [5, 5.41) is 3.77. The van der Waals surface area contributed by atoms with Crippen molar-refractivity contribution in [3.63, 3.8) is 0 Å². The molecule has 0 spiro atoms. The molecule has 0 aliphatic carbocycles. The molecule has 0 bridgehead atoms. The Balaban J connectivity index is 2.47. The van der Waals surface area contributed by atoms with Gasteiger partial charge in [-0.3, -0.25) is 4.79 Å². The Morgan fingerprint density at radius 3 is 2.93 bits per heavy atom. The Morgan fingerprint density at radius 2 is 2.33 bits per heavy atom. The van der Waals surface area contributed by atoms with Gasteiger partial charge in [0.25, 0.3) is 0 Å². The molecule has 5 heteroatoms. The molecule has 0 radical (unpaired) electrons. The smallest absolute Gasteiger partial charge is 0.307 e. The van der Waals surface area contributed by atoms with E-state index in [0.29, 0.717) is 18.0 Å². The van der Waals surface area contributed by atoms with Gasteiger partial charge in [0.2, 0.25) is 0 Å². The van der Waals surface area contributed by atoms with Crippen molar-refractivity contribution in [3.05, 3.63) is 27.7 Å². The monoisotopic (exact) mass is 291 g/mol. The van der Waals surface area contributed by atoms with Gasteiger partial charge in [-0.05, 0) is 34.1 Å². The van der Waals surface area contributed by atoms with Crippen molar-refractivity contribution in [2.75, 3.05) is 19.0 Å². The van der Waals surface area contributed by atoms with Crippen LogP contribution in [0.15, 0.2) is 22.7 Å². The molecule has 1 aromatic carbocycles. The van der Waals surface area contributed by atoms with E-state index in [-0.39, 0.29) is 5.97 Å².